The van der Waals surface area contributed by atoms with Crippen LogP contribution in [0.3, 0.4) is 0 Å². The third kappa shape index (κ3) is 11.7. The summed E-state index contributed by atoms with van der Waals surface area (Å²) in [4.78, 5) is 16.6. The van der Waals surface area contributed by atoms with Gasteiger partial charge in [0.05, 0.1) is 7.11 Å². The van der Waals surface area contributed by atoms with Crippen LogP contribution in [0.5, 0.6) is 5.75 Å². The number of halogens is 1. The summed E-state index contributed by atoms with van der Waals surface area (Å²) in [5, 5.41) is 3.41. The fourth-order valence-electron chi connectivity index (χ4n) is 4.71. The Morgan fingerprint density at radius 3 is 2.19 bits per heavy atom. The maximum Gasteiger partial charge on any atom is 0.253 e. The minimum atomic E-state index is -0.160. The van der Waals surface area contributed by atoms with E-state index in [1.54, 1.807) is 7.11 Å². The molecule has 1 amide bonds. The molecule has 1 saturated heterocycles. The number of hydrogen-bond donors (Lipinski definition) is 1. The van der Waals surface area contributed by atoms with Crippen LogP contribution in [0.15, 0.2) is 72.8 Å². The van der Waals surface area contributed by atoms with Gasteiger partial charge in [-0.15, -0.1) is 12.8 Å². The largest absolute Gasteiger partial charge is 0.497 e. The van der Waals surface area contributed by atoms with Crippen molar-refractivity contribution in [3.63, 3.8) is 0 Å². The smallest absolute Gasteiger partial charge is 0.253 e. The highest BCUT2D eigenvalue weighted by Crippen LogP contribution is 2.27. The second kappa shape index (κ2) is 20.3. The Kier molecular flexibility index (Phi) is 17.5. The maximum absolute atomic E-state index is 12.7. The molecule has 228 valence electrons. The molecule has 3 aromatic rings. The summed E-state index contributed by atoms with van der Waals surface area (Å²) in [5.41, 5.74) is 4.32. The Labute approximate surface area is 254 Å². The minimum Gasteiger partial charge on any atom is -0.497 e. The zero-order valence-corrected chi connectivity index (χ0v) is 26.6. The molecule has 0 bridgehead atoms. The van der Waals surface area contributed by atoms with Gasteiger partial charge < -0.3 is 15.0 Å². The molecule has 1 N–H and O–H groups in total. The number of ether oxygens (including phenoxy) is 1. The third-order valence-electron chi connectivity index (χ3n) is 7.07. The molecular weight excluding hydrogens is 525 g/mol. The molecule has 3 aromatic carbocycles. The number of nitrogens with one attached hydrogen (secondary N) is 1. The predicted octanol–water partition coefficient (Wildman–Crippen LogP) is 7.22. The van der Waals surface area contributed by atoms with Gasteiger partial charge in [0.25, 0.3) is 5.91 Å². The molecule has 4 rings (SSSR count). The van der Waals surface area contributed by atoms with Crippen LogP contribution < -0.4 is 10.1 Å². The molecule has 2 atom stereocenters. The first-order valence-corrected chi connectivity index (χ1v) is 14.9. The number of nitrogens with zero attached hydrogens (tertiary/aromatic N) is 2. The quantitative estimate of drug-likeness (QED) is 0.288. The first-order chi connectivity index (χ1) is 20.3. The van der Waals surface area contributed by atoms with E-state index in [1.165, 1.54) is 28.8 Å². The second-order valence-corrected chi connectivity index (χ2v) is 9.81. The van der Waals surface area contributed by atoms with Crippen molar-refractivity contribution in [2.45, 2.75) is 60.0 Å². The van der Waals surface area contributed by atoms with Crippen molar-refractivity contribution in [1.82, 2.24) is 15.1 Å². The zero-order valence-electron chi connectivity index (χ0n) is 26.6. The lowest BCUT2D eigenvalue weighted by molar-refractivity contribution is 0.0773. The van der Waals surface area contributed by atoms with Crippen LogP contribution in [0.1, 0.15) is 74.5 Å². The fourth-order valence-corrected chi connectivity index (χ4v) is 4.71. The van der Waals surface area contributed by atoms with Crippen molar-refractivity contribution in [2.24, 2.45) is 0 Å². The summed E-state index contributed by atoms with van der Waals surface area (Å²) in [7, 11) is 1.68. The zero-order chi connectivity index (χ0) is 31.5. The highest BCUT2D eigenvalue weighted by Gasteiger charge is 2.16. The lowest BCUT2D eigenvalue weighted by Gasteiger charge is -2.31. The number of methoxy groups -OCH3 is 1. The number of amides is 1. The van der Waals surface area contributed by atoms with Crippen LogP contribution in [0.2, 0.25) is 0 Å². The van der Waals surface area contributed by atoms with E-state index in [0.29, 0.717) is 6.04 Å². The average Bonchev–Trinajstić information content (AvgIpc) is 3.04. The number of hydrogen-bond acceptors (Lipinski definition) is 4. The van der Waals surface area contributed by atoms with Gasteiger partial charge in [0.2, 0.25) is 0 Å². The van der Waals surface area contributed by atoms with Crippen molar-refractivity contribution < 1.29 is 13.9 Å². The van der Waals surface area contributed by atoms with Crippen molar-refractivity contribution >= 4 is 5.91 Å². The highest BCUT2D eigenvalue weighted by atomic mass is 19.1. The third-order valence-corrected chi connectivity index (χ3v) is 7.07. The summed E-state index contributed by atoms with van der Waals surface area (Å²) >= 11 is 0. The van der Waals surface area contributed by atoms with Crippen molar-refractivity contribution in [3.8, 4) is 18.6 Å². The number of rotatable bonds is 8. The standard InChI is InChI=1S/C20H25NO2.C12H17FN2.C2H6.C2H2/c1-5-21(6-2)20(22)17-12-10-16(11-13-17)15(3)18-8-7-9-19(14-18)23-4;1-10-8-15(7-6-14-10)9-11-2-4-12(13)5-3-11;2*1-2/h7-15H,5-6H2,1-4H3;2-5,10,14H,6-9H2,1H3;1-2H3;1-2H/t15-;;;/m0.../s1. The lowest BCUT2D eigenvalue weighted by atomic mass is 9.92. The van der Waals surface area contributed by atoms with Gasteiger partial charge in [-0.2, -0.15) is 0 Å². The number of carbonyl (C=O) groups excluding carboxylic acids is 1. The topological polar surface area (TPSA) is 44.8 Å². The molecule has 1 aliphatic heterocycles. The molecule has 0 spiro atoms. The van der Waals surface area contributed by atoms with Gasteiger partial charge in [0.1, 0.15) is 11.6 Å². The van der Waals surface area contributed by atoms with E-state index >= 15 is 0 Å². The van der Waals surface area contributed by atoms with E-state index < -0.39 is 0 Å². The van der Waals surface area contributed by atoms with Crippen LogP contribution in [0.4, 0.5) is 4.39 Å². The van der Waals surface area contributed by atoms with Crippen LogP contribution in [-0.2, 0) is 6.54 Å². The number of piperazine rings is 1. The first-order valence-electron chi connectivity index (χ1n) is 14.9. The van der Waals surface area contributed by atoms with E-state index in [4.69, 9.17) is 4.74 Å². The lowest BCUT2D eigenvalue weighted by Crippen LogP contribution is -2.48. The van der Waals surface area contributed by atoms with E-state index in [-0.39, 0.29) is 17.6 Å². The summed E-state index contributed by atoms with van der Waals surface area (Å²) < 4.78 is 18.0. The predicted molar refractivity (Wildman–Crippen MR) is 175 cm³/mol. The van der Waals surface area contributed by atoms with E-state index in [9.17, 15) is 9.18 Å². The van der Waals surface area contributed by atoms with Gasteiger partial charge in [0.15, 0.2) is 0 Å². The summed E-state index contributed by atoms with van der Waals surface area (Å²) in [6, 6.07) is 23.4. The molecule has 0 radical (unpaired) electrons. The van der Waals surface area contributed by atoms with E-state index in [0.717, 1.165) is 50.6 Å². The Bertz CT molecular complexity index is 1170. The van der Waals surface area contributed by atoms with Gasteiger partial charge in [-0.3, -0.25) is 9.69 Å². The van der Waals surface area contributed by atoms with Crippen LogP contribution in [0, 0.1) is 18.7 Å². The minimum absolute atomic E-state index is 0.0931. The molecular formula is C36H50FN3O2. The Morgan fingerprint density at radius 1 is 1.02 bits per heavy atom. The highest BCUT2D eigenvalue weighted by molar-refractivity contribution is 5.94. The van der Waals surface area contributed by atoms with E-state index in [1.807, 2.05) is 81.1 Å². The summed E-state index contributed by atoms with van der Waals surface area (Å²) in [5.74, 6) is 1.05. The van der Waals surface area contributed by atoms with Crippen molar-refractivity contribution in [1.29, 1.82) is 0 Å². The molecule has 5 nitrogen and oxygen atoms in total. The molecule has 1 heterocycles. The molecule has 42 heavy (non-hydrogen) atoms. The maximum atomic E-state index is 12.7. The van der Waals surface area contributed by atoms with E-state index in [2.05, 4.69) is 49.0 Å². The molecule has 1 unspecified atom stereocenters. The summed E-state index contributed by atoms with van der Waals surface area (Å²) in [6.07, 6.45) is 8.00. The van der Waals surface area contributed by atoms with Gasteiger partial charge in [-0.1, -0.05) is 57.2 Å². The van der Waals surface area contributed by atoms with Gasteiger partial charge in [-0.25, -0.2) is 4.39 Å². The fraction of sp³-hybridized carbons (Fsp3) is 0.417. The molecule has 0 saturated carbocycles. The van der Waals surface area contributed by atoms with Crippen LogP contribution in [-0.4, -0.2) is 61.6 Å². The molecule has 1 fully saturated rings. The molecule has 1 aliphatic rings. The normalized spacial score (nSPS) is 14.9. The van der Waals surface area contributed by atoms with Crippen molar-refractivity contribution in [3.05, 3.63) is 101 Å². The van der Waals surface area contributed by atoms with Gasteiger partial charge >= 0.3 is 0 Å². The van der Waals surface area contributed by atoms with Crippen molar-refractivity contribution in [2.75, 3.05) is 39.8 Å². The molecule has 6 heteroatoms. The Morgan fingerprint density at radius 2 is 1.64 bits per heavy atom. The Balaban J connectivity index is 0.000000400. The number of carbonyl (C=O) groups is 1. The second-order valence-electron chi connectivity index (χ2n) is 9.81. The monoisotopic (exact) mass is 575 g/mol. The first kappa shape index (κ1) is 36.4. The molecule has 0 aliphatic carbocycles. The van der Waals surface area contributed by atoms with Gasteiger partial charge in [-0.05, 0) is 73.9 Å². The summed E-state index contributed by atoms with van der Waals surface area (Å²) in [6.45, 7) is 17.9. The van der Waals surface area contributed by atoms with Crippen LogP contribution >= 0.6 is 0 Å². The number of terminal acetylenes is 1. The SMILES string of the molecule is C#C.CC.CC1CN(Cc2ccc(F)cc2)CCN1.CCN(CC)C(=O)c1ccc([C@H](C)c2cccc(OC)c2)cc1. The molecule has 0 aromatic heterocycles. The number of benzene rings is 3. The van der Waals surface area contributed by atoms with Gasteiger partial charge in [0, 0.05) is 56.8 Å². The van der Waals surface area contributed by atoms with Crippen LogP contribution in [0.25, 0.3) is 0 Å². The Hall–Kier alpha value is -3.66. The average molecular weight is 576 g/mol.